The number of carbonyl (C=O) groups excluding carboxylic acids is 1. The number of carbonyl (C=O) groups is 1. The van der Waals surface area contributed by atoms with Gasteiger partial charge in [0.15, 0.2) is 0 Å². The van der Waals surface area contributed by atoms with Crippen LogP contribution in [0, 0.1) is 6.92 Å². The highest BCUT2D eigenvalue weighted by atomic mass is 35.5. The number of aryl methyl sites for hydroxylation is 1. The molecular formula is C28H31Cl2N3O3S. The Balaban J connectivity index is 1.45. The molecule has 0 atom stereocenters. The van der Waals surface area contributed by atoms with E-state index in [0.717, 1.165) is 35.1 Å². The average molecular weight is 561 g/mol. The maximum absolute atomic E-state index is 13.5. The van der Waals surface area contributed by atoms with Crippen LogP contribution in [0.15, 0.2) is 71.6 Å². The van der Waals surface area contributed by atoms with Crippen LogP contribution in [0.1, 0.15) is 36.0 Å². The van der Waals surface area contributed by atoms with Gasteiger partial charge in [0.2, 0.25) is 5.91 Å². The summed E-state index contributed by atoms with van der Waals surface area (Å²) < 4.78 is 28.1. The third-order valence-electron chi connectivity index (χ3n) is 6.45. The molecule has 0 saturated carbocycles. The molecule has 1 N–H and O–H groups in total. The van der Waals surface area contributed by atoms with E-state index in [9.17, 15) is 13.2 Å². The van der Waals surface area contributed by atoms with Crippen molar-refractivity contribution in [2.75, 3.05) is 23.9 Å². The van der Waals surface area contributed by atoms with Crippen LogP contribution in [0.5, 0.6) is 0 Å². The van der Waals surface area contributed by atoms with Crippen LogP contribution in [0.25, 0.3) is 0 Å². The Hall–Kier alpha value is -2.58. The third kappa shape index (κ3) is 7.26. The fourth-order valence-corrected chi connectivity index (χ4v) is 6.02. The van der Waals surface area contributed by atoms with Crippen molar-refractivity contribution in [3.05, 3.63) is 93.5 Å². The van der Waals surface area contributed by atoms with Gasteiger partial charge in [-0.25, -0.2) is 8.42 Å². The SMILES string of the molecule is Cc1ccc(S(=O)(=O)N(CC(=O)NCc2ccc(CN3CCCCC3)cc2)c2ccc(Cl)c(Cl)c2)cc1. The van der Waals surface area contributed by atoms with Crippen molar-refractivity contribution >= 4 is 44.8 Å². The van der Waals surface area contributed by atoms with Gasteiger partial charge in [-0.1, -0.05) is 71.6 Å². The smallest absolute Gasteiger partial charge is 0.264 e. The molecule has 0 unspecified atom stereocenters. The summed E-state index contributed by atoms with van der Waals surface area (Å²) in [6.45, 7) is 4.98. The minimum Gasteiger partial charge on any atom is -0.350 e. The fraction of sp³-hybridized carbons (Fsp3) is 0.321. The summed E-state index contributed by atoms with van der Waals surface area (Å²) in [5.74, 6) is -0.431. The van der Waals surface area contributed by atoms with Gasteiger partial charge in [0.05, 0.1) is 20.6 Å². The van der Waals surface area contributed by atoms with Gasteiger partial charge in [-0.15, -0.1) is 0 Å². The van der Waals surface area contributed by atoms with Crippen molar-refractivity contribution in [1.29, 1.82) is 0 Å². The number of halogens is 2. The molecule has 3 aromatic carbocycles. The minimum absolute atomic E-state index is 0.0845. The lowest BCUT2D eigenvalue weighted by Crippen LogP contribution is -2.40. The molecule has 1 aliphatic heterocycles. The van der Waals surface area contributed by atoms with Crippen LogP contribution >= 0.6 is 23.2 Å². The maximum atomic E-state index is 13.5. The summed E-state index contributed by atoms with van der Waals surface area (Å²) in [4.78, 5) is 15.5. The van der Waals surface area contributed by atoms with E-state index < -0.39 is 22.5 Å². The van der Waals surface area contributed by atoms with Crippen molar-refractivity contribution in [1.82, 2.24) is 10.2 Å². The van der Waals surface area contributed by atoms with Crippen LogP contribution < -0.4 is 9.62 Å². The minimum atomic E-state index is -4.03. The average Bonchev–Trinajstić information content (AvgIpc) is 2.89. The van der Waals surface area contributed by atoms with Gasteiger partial charge in [0.1, 0.15) is 6.54 Å². The first-order valence-corrected chi connectivity index (χ1v) is 14.5. The van der Waals surface area contributed by atoms with E-state index in [2.05, 4.69) is 22.3 Å². The Morgan fingerprint density at radius 1 is 0.892 bits per heavy atom. The third-order valence-corrected chi connectivity index (χ3v) is 8.98. The number of likely N-dealkylation sites (tertiary alicyclic amines) is 1. The molecule has 4 rings (SSSR count). The highest BCUT2D eigenvalue weighted by molar-refractivity contribution is 7.92. The molecule has 0 bridgehead atoms. The molecule has 0 aliphatic carbocycles. The number of anilines is 1. The summed E-state index contributed by atoms with van der Waals surface area (Å²) in [6.07, 6.45) is 3.82. The van der Waals surface area contributed by atoms with Gasteiger partial charge in [0.25, 0.3) is 10.0 Å². The van der Waals surface area contributed by atoms with Crippen molar-refractivity contribution in [2.24, 2.45) is 0 Å². The first kappa shape index (κ1) is 27.5. The number of hydrogen-bond donors (Lipinski definition) is 1. The second-order valence-corrected chi connectivity index (χ2v) is 12.0. The van der Waals surface area contributed by atoms with Crippen molar-refractivity contribution in [3.8, 4) is 0 Å². The molecular weight excluding hydrogens is 529 g/mol. The standard InChI is InChI=1S/C28H31Cl2N3O3S/c1-21-5-12-25(13-6-21)37(35,36)33(24-11-14-26(29)27(30)17-24)20-28(34)31-18-22-7-9-23(10-8-22)19-32-15-3-2-4-16-32/h5-14,17H,2-4,15-16,18-20H2,1H3,(H,31,34). The van der Waals surface area contributed by atoms with Gasteiger partial charge in [0, 0.05) is 13.1 Å². The molecule has 0 spiro atoms. The predicted molar refractivity (Wildman–Crippen MR) is 150 cm³/mol. The van der Waals surface area contributed by atoms with E-state index in [0.29, 0.717) is 11.6 Å². The van der Waals surface area contributed by atoms with Crippen molar-refractivity contribution in [2.45, 2.75) is 44.2 Å². The lowest BCUT2D eigenvalue weighted by molar-refractivity contribution is -0.119. The first-order valence-electron chi connectivity index (χ1n) is 12.3. The topological polar surface area (TPSA) is 69.7 Å². The monoisotopic (exact) mass is 559 g/mol. The summed E-state index contributed by atoms with van der Waals surface area (Å²) in [5.41, 5.74) is 3.37. The van der Waals surface area contributed by atoms with Gasteiger partial charge in [-0.2, -0.15) is 0 Å². The Bertz CT molecular complexity index is 1320. The van der Waals surface area contributed by atoms with E-state index in [1.54, 1.807) is 12.1 Å². The summed E-state index contributed by atoms with van der Waals surface area (Å²) >= 11 is 12.2. The lowest BCUT2D eigenvalue weighted by Gasteiger charge is -2.26. The van der Waals surface area contributed by atoms with Gasteiger partial charge in [-0.3, -0.25) is 14.0 Å². The van der Waals surface area contributed by atoms with Crippen LogP contribution in [0.4, 0.5) is 5.69 Å². The van der Waals surface area contributed by atoms with E-state index >= 15 is 0 Å². The molecule has 1 fully saturated rings. The normalized spacial score (nSPS) is 14.4. The predicted octanol–water partition coefficient (Wildman–Crippen LogP) is 5.80. The zero-order valence-electron chi connectivity index (χ0n) is 20.8. The molecule has 3 aromatic rings. The van der Waals surface area contributed by atoms with Gasteiger partial charge in [-0.05, 0) is 74.3 Å². The number of piperidine rings is 1. The zero-order valence-corrected chi connectivity index (χ0v) is 23.1. The molecule has 1 aliphatic rings. The molecule has 0 aromatic heterocycles. The lowest BCUT2D eigenvalue weighted by atomic mass is 10.1. The van der Waals surface area contributed by atoms with E-state index in [4.69, 9.17) is 23.2 Å². The van der Waals surface area contributed by atoms with Gasteiger partial charge >= 0.3 is 0 Å². The van der Waals surface area contributed by atoms with Crippen LogP contribution in [0.2, 0.25) is 10.0 Å². The highest BCUT2D eigenvalue weighted by Gasteiger charge is 2.27. The number of rotatable bonds is 9. The highest BCUT2D eigenvalue weighted by Crippen LogP contribution is 2.30. The number of nitrogens with one attached hydrogen (secondary N) is 1. The molecule has 6 nitrogen and oxygen atoms in total. The number of sulfonamides is 1. The summed E-state index contributed by atoms with van der Waals surface area (Å²) in [7, 11) is -4.03. The molecule has 196 valence electrons. The molecule has 9 heteroatoms. The summed E-state index contributed by atoms with van der Waals surface area (Å²) in [5, 5.41) is 3.34. The van der Waals surface area contributed by atoms with Crippen LogP contribution in [-0.2, 0) is 27.9 Å². The molecule has 37 heavy (non-hydrogen) atoms. The quantitative estimate of drug-likeness (QED) is 0.359. The number of amides is 1. The Labute approximate surface area is 229 Å². The molecule has 1 amide bonds. The number of hydrogen-bond acceptors (Lipinski definition) is 4. The van der Waals surface area contributed by atoms with E-state index in [-0.39, 0.29) is 15.6 Å². The number of benzene rings is 3. The Morgan fingerprint density at radius 2 is 1.54 bits per heavy atom. The largest absolute Gasteiger partial charge is 0.350 e. The van der Waals surface area contributed by atoms with Crippen molar-refractivity contribution in [3.63, 3.8) is 0 Å². The van der Waals surface area contributed by atoms with Crippen molar-refractivity contribution < 1.29 is 13.2 Å². The van der Waals surface area contributed by atoms with Crippen LogP contribution in [0.3, 0.4) is 0 Å². The summed E-state index contributed by atoms with van der Waals surface area (Å²) in [6, 6.07) is 19.2. The zero-order chi connectivity index (χ0) is 26.4. The van der Waals surface area contributed by atoms with E-state index in [1.165, 1.54) is 55.2 Å². The molecule has 1 heterocycles. The molecule has 0 radical (unpaired) electrons. The van der Waals surface area contributed by atoms with Crippen LogP contribution in [-0.4, -0.2) is 38.9 Å². The fourth-order valence-electron chi connectivity index (χ4n) is 4.32. The number of nitrogens with zero attached hydrogens (tertiary/aromatic N) is 2. The Kier molecular flexibility index (Phi) is 9.13. The maximum Gasteiger partial charge on any atom is 0.264 e. The van der Waals surface area contributed by atoms with E-state index in [1.807, 2.05) is 19.1 Å². The second kappa shape index (κ2) is 12.3. The Morgan fingerprint density at radius 3 is 2.19 bits per heavy atom. The second-order valence-electron chi connectivity index (χ2n) is 9.35. The molecule has 1 saturated heterocycles. The first-order chi connectivity index (χ1) is 17.7. The van der Waals surface area contributed by atoms with Gasteiger partial charge < -0.3 is 5.32 Å².